The molecule has 0 aliphatic heterocycles. The second-order valence-corrected chi connectivity index (χ2v) is 15.1. The number of hydrogen-bond acceptors (Lipinski definition) is 0. The highest BCUT2D eigenvalue weighted by Crippen LogP contribution is 2.33. The van der Waals surface area contributed by atoms with Crippen LogP contribution in [0.4, 0.5) is 4.39 Å². The van der Waals surface area contributed by atoms with Crippen LogP contribution in [-0.2, 0) is 0 Å². The van der Waals surface area contributed by atoms with Crippen molar-refractivity contribution in [1.29, 1.82) is 0 Å². The van der Waals surface area contributed by atoms with E-state index in [2.05, 4.69) is 155 Å². The van der Waals surface area contributed by atoms with Crippen molar-refractivity contribution in [2.45, 2.75) is 0 Å². The molecule has 0 fully saturated rings. The molecule has 0 aliphatic rings. The lowest BCUT2D eigenvalue weighted by Crippen LogP contribution is -2.74. The van der Waals surface area contributed by atoms with Gasteiger partial charge in [0.2, 0.25) is 0 Å². The van der Waals surface area contributed by atoms with Gasteiger partial charge in [0.25, 0.3) is 0 Å². The lowest BCUT2D eigenvalue weighted by atomic mass is 10.1. The van der Waals surface area contributed by atoms with Gasteiger partial charge in [-0.1, -0.05) is 103 Å². The van der Waals surface area contributed by atoms with Gasteiger partial charge in [-0.15, -0.1) is 0 Å². The highest BCUT2D eigenvalue weighted by Gasteiger charge is 2.41. The molecule has 0 saturated heterocycles. The van der Waals surface area contributed by atoms with E-state index in [1.54, 1.807) is 0 Å². The zero-order valence-electron chi connectivity index (χ0n) is 21.6. The quantitative estimate of drug-likeness (QED) is 0.109. The summed E-state index contributed by atoms with van der Waals surface area (Å²) in [4.78, 5) is 0. The second-order valence-electron chi connectivity index (χ2n) is 10.1. The summed E-state index contributed by atoms with van der Waals surface area (Å²) < 4.78 is 17.3. The van der Waals surface area contributed by atoms with E-state index in [0.717, 1.165) is 16.7 Å². The van der Waals surface area contributed by atoms with E-state index in [-0.39, 0.29) is 5.82 Å². The predicted octanol–water partition coefficient (Wildman–Crippen LogP) is 6.90. The number of rotatable bonds is 5. The lowest BCUT2D eigenvalue weighted by Gasteiger charge is -2.34. The first kappa shape index (κ1) is 25.0. The lowest BCUT2D eigenvalue weighted by molar-refractivity contribution is 0.627. The third kappa shape index (κ3) is 4.02. The average Bonchev–Trinajstić information content (AvgIpc) is 3.33. The molecule has 40 heavy (non-hydrogen) atoms. The van der Waals surface area contributed by atoms with Crippen LogP contribution in [0.25, 0.3) is 27.5 Å². The smallest absolute Gasteiger partial charge is 0.179 e. The van der Waals surface area contributed by atoms with Crippen LogP contribution in [0.2, 0.25) is 0 Å². The summed E-state index contributed by atoms with van der Waals surface area (Å²) in [6.07, 6.45) is 0. The van der Waals surface area contributed by atoms with Crippen LogP contribution in [0.15, 0.2) is 152 Å². The summed E-state index contributed by atoms with van der Waals surface area (Å²) in [7, 11) is -2.66. The Balaban J connectivity index is 1.61. The largest absolute Gasteiger partial charge is 0.309 e. The minimum atomic E-state index is -2.66. The van der Waals surface area contributed by atoms with Gasteiger partial charge in [0.05, 0.1) is 11.0 Å². The highest BCUT2D eigenvalue weighted by atomic mass is 127. The SMILES string of the molecule is Fc1ccc(-n2c3ccc(I)cc3c3cc([Si](c4ccccc4)(c4ccccc4)c4ccccc4)ccc32)cc1. The molecule has 7 rings (SSSR count). The minimum Gasteiger partial charge on any atom is -0.309 e. The van der Waals surface area contributed by atoms with Gasteiger partial charge in [0, 0.05) is 20.0 Å². The van der Waals surface area contributed by atoms with E-state index in [1.165, 1.54) is 47.2 Å². The summed E-state index contributed by atoms with van der Waals surface area (Å²) in [6.45, 7) is 0. The molecule has 6 aromatic carbocycles. The van der Waals surface area contributed by atoms with E-state index in [1.807, 2.05) is 12.1 Å². The van der Waals surface area contributed by atoms with Crippen molar-refractivity contribution in [1.82, 2.24) is 4.57 Å². The summed E-state index contributed by atoms with van der Waals surface area (Å²) in [5.74, 6) is -0.231. The maximum Gasteiger partial charge on any atom is 0.179 e. The Morgan fingerprint density at radius 2 is 0.950 bits per heavy atom. The van der Waals surface area contributed by atoms with Gasteiger partial charge < -0.3 is 4.57 Å². The van der Waals surface area contributed by atoms with E-state index >= 15 is 0 Å². The number of benzene rings is 6. The number of hydrogen-bond donors (Lipinski definition) is 0. The van der Waals surface area contributed by atoms with Gasteiger partial charge in [-0.3, -0.25) is 0 Å². The molecule has 0 bridgehead atoms. The Morgan fingerprint density at radius 3 is 1.48 bits per heavy atom. The molecular weight excluding hydrogens is 620 g/mol. The molecule has 0 saturated carbocycles. The van der Waals surface area contributed by atoms with E-state index in [0.29, 0.717) is 0 Å². The molecule has 0 spiro atoms. The summed E-state index contributed by atoms with van der Waals surface area (Å²) in [5.41, 5.74) is 3.18. The molecule has 192 valence electrons. The van der Waals surface area contributed by atoms with Crippen molar-refractivity contribution in [2.75, 3.05) is 0 Å². The fourth-order valence-electron chi connectivity index (χ4n) is 6.16. The van der Waals surface area contributed by atoms with Crippen LogP contribution in [-0.4, -0.2) is 12.6 Å². The van der Waals surface area contributed by atoms with Crippen LogP contribution in [0.5, 0.6) is 0 Å². The fraction of sp³-hybridized carbons (Fsp3) is 0. The molecule has 0 atom stereocenters. The highest BCUT2D eigenvalue weighted by molar-refractivity contribution is 14.1. The summed E-state index contributed by atoms with van der Waals surface area (Å²) in [5, 5.41) is 7.79. The molecule has 1 nitrogen and oxygen atoms in total. The van der Waals surface area contributed by atoms with E-state index in [4.69, 9.17) is 0 Å². The normalized spacial score (nSPS) is 11.8. The average molecular weight is 646 g/mol. The Kier molecular flexibility index (Phi) is 6.37. The van der Waals surface area contributed by atoms with Crippen molar-refractivity contribution in [3.63, 3.8) is 0 Å². The van der Waals surface area contributed by atoms with Crippen molar-refractivity contribution in [3.05, 3.63) is 161 Å². The van der Waals surface area contributed by atoms with Crippen LogP contribution in [0.1, 0.15) is 0 Å². The maximum atomic E-state index is 13.9. The maximum absolute atomic E-state index is 13.9. The second kappa shape index (κ2) is 10.2. The standard InChI is InChI=1S/C36H25FINSi/c37-26-16-19-28(20-17-26)39-35-22-18-27(38)24-33(35)34-25-32(21-23-36(34)39)40(29-10-4-1-5-11-29,30-12-6-2-7-13-30)31-14-8-3-9-15-31/h1-25H. The first-order valence-corrected chi connectivity index (χ1v) is 16.4. The summed E-state index contributed by atoms with van der Waals surface area (Å²) in [6, 6.07) is 53.4. The number of fused-ring (bicyclic) bond motifs is 3. The Labute approximate surface area is 247 Å². The fourth-order valence-corrected chi connectivity index (χ4v) is 11.4. The monoisotopic (exact) mass is 645 g/mol. The third-order valence-electron chi connectivity index (χ3n) is 7.87. The van der Waals surface area contributed by atoms with Crippen molar-refractivity contribution in [3.8, 4) is 5.69 Å². The van der Waals surface area contributed by atoms with Gasteiger partial charge in [0.15, 0.2) is 8.07 Å². The molecule has 4 heteroatoms. The zero-order valence-corrected chi connectivity index (χ0v) is 24.8. The van der Waals surface area contributed by atoms with Crippen molar-refractivity contribution >= 4 is 73.2 Å². The Morgan fingerprint density at radius 1 is 0.475 bits per heavy atom. The van der Waals surface area contributed by atoms with Crippen molar-refractivity contribution < 1.29 is 4.39 Å². The molecule has 7 aromatic rings. The van der Waals surface area contributed by atoms with Crippen LogP contribution in [0, 0.1) is 9.39 Å². The molecule has 1 heterocycles. The molecule has 0 aliphatic carbocycles. The van der Waals surface area contributed by atoms with Crippen molar-refractivity contribution in [2.24, 2.45) is 0 Å². The van der Waals surface area contributed by atoms with Gasteiger partial charge in [0.1, 0.15) is 5.82 Å². The van der Waals surface area contributed by atoms with E-state index < -0.39 is 8.07 Å². The number of halogens is 2. The van der Waals surface area contributed by atoms with E-state index in [9.17, 15) is 4.39 Å². The minimum absolute atomic E-state index is 0.231. The molecule has 0 amide bonds. The molecule has 1 aromatic heterocycles. The van der Waals surface area contributed by atoms with Gasteiger partial charge in [-0.05, 0) is 91.9 Å². The molecule has 0 N–H and O–H groups in total. The Hall–Kier alpha value is -4.00. The number of aromatic nitrogens is 1. The van der Waals surface area contributed by atoms with Gasteiger partial charge >= 0.3 is 0 Å². The van der Waals surface area contributed by atoms with Crippen LogP contribution < -0.4 is 20.7 Å². The van der Waals surface area contributed by atoms with Gasteiger partial charge in [-0.2, -0.15) is 0 Å². The topological polar surface area (TPSA) is 4.93 Å². The summed E-state index contributed by atoms with van der Waals surface area (Å²) >= 11 is 2.39. The zero-order chi connectivity index (χ0) is 27.1. The van der Waals surface area contributed by atoms with Crippen LogP contribution in [0.3, 0.4) is 0 Å². The van der Waals surface area contributed by atoms with Crippen LogP contribution >= 0.6 is 22.6 Å². The Bertz CT molecular complexity index is 1850. The van der Waals surface area contributed by atoms with Gasteiger partial charge in [-0.25, -0.2) is 4.39 Å². The third-order valence-corrected chi connectivity index (χ3v) is 13.3. The molecule has 0 unspecified atom stereocenters. The first-order chi connectivity index (χ1) is 19.7. The first-order valence-electron chi connectivity index (χ1n) is 13.3. The molecular formula is C36H25FINSi. The number of nitrogens with zero attached hydrogens (tertiary/aromatic N) is 1. The predicted molar refractivity (Wildman–Crippen MR) is 177 cm³/mol. The molecule has 0 radical (unpaired) electrons.